The number of carbonyl (C=O) groups is 1. The number of nitrogens with zero attached hydrogens (tertiary/aromatic N) is 2. The van der Waals surface area contributed by atoms with Crippen LogP contribution in [0.4, 0.5) is 0 Å². The number of hydrogen-bond donors (Lipinski definition) is 0. The van der Waals surface area contributed by atoms with E-state index in [2.05, 4.69) is 4.90 Å². The van der Waals surface area contributed by atoms with Gasteiger partial charge in [0.25, 0.3) is 5.91 Å². The number of benzene rings is 1. The van der Waals surface area contributed by atoms with Gasteiger partial charge in [0.15, 0.2) is 5.79 Å². The van der Waals surface area contributed by atoms with Crippen LogP contribution < -0.4 is 0 Å². The van der Waals surface area contributed by atoms with E-state index in [0.29, 0.717) is 6.04 Å². The molecule has 0 radical (unpaired) electrons. The molecule has 130 valence electrons. The average molecular weight is 330 g/mol. The van der Waals surface area contributed by atoms with Gasteiger partial charge in [-0.1, -0.05) is 18.2 Å². The van der Waals surface area contributed by atoms with Crippen LogP contribution in [-0.2, 0) is 9.47 Å². The van der Waals surface area contributed by atoms with Crippen LogP contribution in [0, 0.1) is 0 Å². The molecular weight excluding hydrogens is 304 g/mol. The fraction of sp³-hybridized carbons (Fsp3) is 0.632. The predicted octanol–water partition coefficient (Wildman–Crippen LogP) is 2.13. The SMILES string of the molecule is O=C(c1ccccc1)N1CCN(C2CCC3(CC2)OCCO3)CC1. The summed E-state index contributed by atoms with van der Waals surface area (Å²) in [6.07, 6.45) is 4.26. The average Bonchev–Trinajstić information content (AvgIpc) is 3.11. The van der Waals surface area contributed by atoms with Crippen LogP contribution in [0.1, 0.15) is 36.0 Å². The van der Waals surface area contributed by atoms with E-state index in [0.717, 1.165) is 70.6 Å². The van der Waals surface area contributed by atoms with Crippen LogP contribution in [0.5, 0.6) is 0 Å². The minimum absolute atomic E-state index is 0.158. The highest BCUT2D eigenvalue weighted by Crippen LogP contribution is 2.37. The number of ether oxygens (including phenoxy) is 2. The van der Waals surface area contributed by atoms with Crippen molar-refractivity contribution in [2.75, 3.05) is 39.4 Å². The summed E-state index contributed by atoms with van der Waals surface area (Å²) in [6.45, 7) is 5.07. The molecule has 0 bridgehead atoms. The fourth-order valence-corrected chi connectivity index (χ4v) is 4.25. The Balaban J connectivity index is 1.28. The second kappa shape index (κ2) is 6.82. The molecule has 1 spiro atoms. The topological polar surface area (TPSA) is 42.0 Å². The highest BCUT2D eigenvalue weighted by atomic mass is 16.7. The molecule has 2 aliphatic heterocycles. The summed E-state index contributed by atoms with van der Waals surface area (Å²) >= 11 is 0. The zero-order chi connectivity index (χ0) is 16.4. The van der Waals surface area contributed by atoms with Crippen molar-refractivity contribution in [3.63, 3.8) is 0 Å². The van der Waals surface area contributed by atoms with E-state index in [9.17, 15) is 4.79 Å². The first kappa shape index (κ1) is 16.1. The summed E-state index contributed by atoms with van der Waals surface area (Å²) < 4.78 is 11.6. The number of carbonyl (C=O) groups excluding carboxylic acids is 1. The van der Waals surface area contributed by atoms with E-state index in [4.69, 9.17) is 9.47 Å². The Kier molecular flexibility index (Phi) is 4.57. The van der Waals surface area contributed by atoms with E-state index in [1.807, 2.05) is 35.2 Å². The molecule has 2 heterocycles. The predicted molar refractivity (Wildman–Crippen MR) is 90.8 cm³/mol. The van der Waals surface area contributed by atoms with Crippen molar-refractivity contribution < 1.29 is 14.3 Å². The molecular formula is C19H26N2O3. The molecule has 3 aliphatic rings. The third-order valence-electron chi connectivity index (χ3n) is 5.67. The molecule has 24 heavy (non-hydrogen) atoms. The molecule has 5 nitrogen and oxygen atoms in total. The summed E-state index contributed by atoms with van der Waals surface area (Å²) in [6, 6.07) is 10.2. The van der Waals surface area contributed by atoms with E-state index >= 15 is 0 Å². The molecule has 0 N–H and O–H groups in total. The lowest BCUT2D eigenvalue weighted by atomic mass is 9.88. The first-order valence-corrected chi connectivity index (χ1v) is 9.12. The Labute approximate surface area is 143 Å². The lowest BCUT2D eigenvalue weighted by Crippen LogP contribution is -2.53. The monoisotopic (exact) mass is 330 g/mol. The summed E-state index contributed by atoms with van der Waals surface area (Å²) in [7, 11) is 0. The molecule has 5 heteroatoms. The Morgan fingerprint density at radius 1 is 0.958 bits per heavy atom. The minimum Gasteiger partial charge on any atom is -0.348 e. The van der Waals surface area contributed by atoms with Crippen LogP contribution in [-0.4, -0.2) is 66.9 Å². The van der Waals surface area contributed by atoms with Gasteiger partial charge in [-0.2, -0.15) is 0 Å². The molecule has 1 saturated carbocycles. The van der Waals surface area contributed by atoms with Gasteiger partial charge in [-0.3, -0.25) is 9.69 Å². The molecule has 1 aliphatic carbocycles. The molecule has 0 atom stereocenters. The third kappa shape index (κ3) is 3.21. The third-order valence-corrected chi connectivity index (χ3v) is 5.67. The molecule has 1 amide bonds. The summed E-state index contributed by atoms with van der Waals surface area (Å²) in [5.41, 5.74) is 0.793. The van der Waals surface area contributed by atoms with Crippen LogP contribution in [0.15, 0.2) is 30.3 Å². The molecule has 1 aromatic carbocycles. The van der Waals surface area contributed by atoms with Crippen molar-refractivity contribution in [3.05, 3.63) is 35.9 Å². The smallest absolute Gasteiger partial charge is 0.253 e. The van der Waals surface area contributed by atoms with Gasteiger partial charge in [0, 0.05) is 50.6 Å². The first-order valence-electron chi connectivity index (χ1n) is 9.12. The number of amides is 1. The van der Waals surface area contributed by atoms with Gasteiger partial charge < -0.3 is 14.4 Å². The highest BCUT2D eigenvalue weighted by molar-refractivity contribution is 5.94. The number of hydrogen-bond acceptors (Lipinski definition) is 4. The molecule has 0 unspecified atom stereocenters. The maximum Gasteiger partial charge on any atom is 0.253 e. The van der Waals surface area contributed by atoms with Crippen LogP contribution >= 0.6 is 0 Å². The van der Waals surface area contributed by atoms with E-state index in [-0.39, 0.29) is 11.7 Å². The molecule has 0 aromatic heterocycles. The Morgan fingerprint density at radius 3 is 2.21 bits per heavy atom. The lowest BCUT2D eigenvalue weighted by molar-refractivity contribution is -0.184. The second-order valence-corrected chi connectivity index (χ2v) is 7.03. The van der Waals surface area contributed by atoms with Gasteiger partial charge in [-0.15, -0.1) is 0 Å². The van der Waals surface area contributed by atoms with Crippen molar-refractivity contribution in [2.45, 2.75) is 37.5 Å². The molecule has 4 rings (SSSR count). The first-order chi connectivity index (χ1) is 11.8. The molecule has 2 saturated heterocycles. The summed E-state index contributed by atoms with van der Waals surface area (Å²) in [5, 5.41) is 0. The summed E-state index contributed by atoms with van der Waals surface area (Å²) in [4.78, 5) is 17.1. The molecule has 1 aromatic rings. The van der Waals surface area contributed by atoms with Crippen LogP contribution in [0.3, 0.4) is 0 Å². The van der Waals surface area contributed by atoms with Gasteiger partial charge in [-0.05, 0) is 25.0 Å². The largest absolute Gasteiger partial charge is 0.348 e. The van der Waals surface area contributed by atoms with Gasteiger partial charge in [0.05, 0.1) is 13.2 Å². The van der Waals surface area contributed by atoms with Gasteiger partial charge in [0.2, 0.25) is 0 Å². The van der Waals surface area contributed by atoms with Crippen molar-refractivity contribution >= 4 is 5.91 Å². The zero-order valence-electron chi connectivity index (χ0n) is 14.2. The lowest BCUT2D eigenvalue weighted by Gasteiger charge is -2.43. The van der Waals surface area contributed by atoms with Crippen molar-refractivity contribution in [1.29, 1.82) is 0 Å². The maximum atomic E-state index is 12.5. The quantitative estimate of drug-likeness (QED) is 0.833. The minimum atomic E-state index is -0.276. The maximum absolute atomic E-state index is 12.5. The Morgan fingerprint density at radius 2 is 1.58 bits per heavy atom. The van der Waals surface area contributed by atoms with Crippen molar-refractivity contribution in [1.82, 2.24) is 9.80 Å². The Hall–Kier alpha value is -1.43. The van der Waals surface area contributed by atoms with Crippen molar-refractivity contribution in [2.24, 2.45) is 0 Å². The Bertz CT molecular complexity index is 553. The summed E-state index contributed by atoms with van der Waals surface area (Å²) in [5.74, 6) is -0.118. The van der Waals surface area contributed by atoms with Gasteiger partial charge in [-0.25, -0.2) is 0 Å². The van der Waals surface area contributed by atoms with Gasteiger partial charge in [0.1, 0.15) is 0 Å². The van der Waals surface area contributed by atoms with E-state index < -0.39 is 0 Å². The second-order valence-electron chi connectivity index (χ2n) is 7.03. The normalized spacial score (nSPS) is 25.2. The fourth-order valence-electron chi connectivity index (χ4n) is 4.25. The van der Waals surface area contributed by atoms with Gasteiger partial charge >= 0.3 is 0 Å². The van der Waals surface area contributed by atoms with E-state index in [1.54, 1.807) is 0 Å². The van der Waals surface area contributed by atoms with E-state index in [1.165, 1.54) is 0 Å². The standard InChI is InChI=1S/C19H26N2O3/c22-18(16-4-2-1-3-5-16)21-12-10-20(11-13-21)17-6-8-19(9-7-17)23-14-15-24-19/h1-5,17H,6-15H2. The highest BCUT2D eigenvalue weighted by Gasteiger charge is 2.41. The van der Waals surface area contributed by atoms with Crippen LogP contribution in [0.2, 0.25) is 0 Å². The van der Waals surface area contributed by atoms with Crippen LogP contribution in [0.25, 0.3) is 0 Å². The number of rotatable bonds is 2. The zero-order valence-corrected chi connectivity index (χ0v) is 14.2. The molecule has 3 fully saturated rings. The van der Waals surface area contributed by atoms with Crippen molar-refractivity contribution in [3.8, 4) is 0 Å². The number of piperazine rings is 1.